The van der Waals surface area contributed by atoms with E-state index in [4.69, 9.17) is 4.74 Å². The summed E-state index contributed by atoms with van der Waals surface area (Å²) in [5.41, 5.74) is 3.97. The van der Waals surface area contributed by atoms with Gasteiger partial charge < -0.3 is 14.6 Å². The molecule has 2 aliphatic heterocycles. The number of benzene rings is 1. The summed E-state index contributed by atoms with van der Waals surface area (Å²) in [5.74, 6) is 2.07. The van der Waals surface area contributed by atoms with Crippen molar-refractivity contribution in [3.05, 3.63) is 29.5 Å². The van der Waals surface area contributed by atoms with E-state index in [2.05, 4.69) is 22.0 Å². The van der Waals surface area contributed by atoms with Gasteiger partial charge in [-0.25, -0.2) is 0 Å². The van der Waals surface area contributed by atoms with Crippen molar-refractivity contribution >= 4 is 16.8 Å². The van der Waals surface area contributed by atoms with E-state index >= 15 is 0 Å². The van der Waals surface area contributed by atoms with Gasteiger partial charge in [0.25, 0.3) is 0 Å². The van der Waals surface area contributed by atoms with Gasteiger partial charge >= 0.3 is 0 Å². The maximum absolute atomic E-state index is 12.3. The predicted molar refractivity (Wildman–Crippen MR) is 79.5 cm³/mol. The predicted octanol–water partition coefficient (Wildman–Crippen LogP) is 2.44. The average molecular weight is 282 g/mol. The van der Waals surface area contributed by atoms with E-state index in [1.54, 1.807) is 7.11 Å². The number of fused-ring (bicyclic) bond motifs is 5. The molecule has 1 aliphatic carbocycles. The zero-order valence-electron chi connectivity index (χ0n) is 12.1. The van der Waals surface area contributed by atoms with Crippen LogP contribution in [0.15, 0.2) is 18.2 Å². The number of methoxy groups -OCH3 is 1. The maximum Gasteiger partial charge on any atom is 0.226 e. The fraction of sp³-hybridized carbons (Fsp3) is 0.471. The molecule has 2 fully saturated rings. The summed E-state index contributed by atoms with van der Waals surface area (Å²) in [7, 11) is 1.71. The molecule has 1 saturated heterocycles. The number of rotatable bonds is 1. The van der Waals surface area contributed by atoms with E-state index < -0.39 is 0 Å². The van der Waals surface area contributed by atoms with Gasteiger partial charge in [0.15, 0.2) is 0 Å². The Morgan fingerprint density at radius 1 is 1.33 bits per heavy atom. The molecule has 3 heterocycles. The summed E-state index contributed by atoms with van der Waals surface area (Å²) >= 11 is 0. The number of amides is 1. The molecule has 3 aliphatic rings. The Morgan fingerprint density at radius 2 is 2.24 bits per heavy atom. The Kier molecular flexibility index (Phi) is 2.12. The minimum absolute atomic E-state index is 0.270. The van der Waals surface area contributed by atoms with Crippen LogP contribution < -0.4 is 4.74 Å². The number of hydrogen-bond acceptors (Lipinski definition) is 2. The van der Waals surface area contributed by atoms with E-state index in [1.165, 1.54) is 22.2 Å². The van der Waals surface area contributed by atoms with E-state index in [0.717, 1.165) is 31.6 Å². The van der Waals surface area contributed by atoms with Gasteiger partial charge in [0.05, 0.1) is 7.11 Å². The third kappa shape index (κ3) is 1.38. The number of nitrogens with zero attached hydrogens (tertiary/aromatic N) is 1. The van der Waals surface area contributed by atoms with E-state index in [1.807, 2.05) is 6.07 Å². The number of piperidine rings is 1. The minimum Gasteiger partial charge on any atom is -0.497 e. The van der Waals surface area contributed by atoms with Gasteiger partial charge in [-0.15, -0.1) is 0 Å². The van der Waals surface area contributed by atoms with Crippen LogP contribution in [0.25, 0.3) is 10.9 Å². The topological polar surface area (TPSA) is 45.3 Å². The molecular weight excluding hydrogens is 264 g/mol. The number of carbonyl (C=O) groups excluding carboxylic acids is 1. The molecule has 1 saturated carbocycles. The fourth-order valence-electron chi connectivity index (χ4n) is 4.74. The maximum atomic E-state index is 12.3. The lowest BCUT2D eigenvalue weighted by atomic mass is 9.93. The number of H-pyrrole nitrogens is 1. The Bertz CT molecular complexity index is 763. The molecule has 4 heteroatoms. The first-order valence-corrected chi connectivity index (χ1v) is 7.75. The minimum atomic E-state index is 0.270. The second-order valence-electron chi connectivity index (χ2n) is 6.55. The first-order chi connectivity index (χ1) is 10.3. The van der Waals surface area contributed by atoms with Crippen LogP contribution >= 0.6 is 0 Å². The lowest BCUT2D eigenvalue weighted by Crippen LogP contribution is -2.40. The van der Waals surface area contributed by atoms with Crippen molar-refractivity contribution in [2.24, 2.45) is 5.92 Å². The molecule has 3 atom stereocenters. The quantitative estimate of drug-likeness (QED) is 0.873. The van der Waals surface area contributed by atoms with Gasteiger partial charge in [0, 0.05) is 41.0 Å². The standard InChI is InChI=1S/C17H18N2O2/c1-21-10-2-3-14-12(8-10)11-4-5-19-15-7-9(17(19)20)6-13(15)16(11)18-14/h2-3,8-9,13,15,18H,4-7H2,1H3/t9-,13+,15-/m0/s1. The van der Waals surface area contributed by atoms with Crippen LogP contribution in [0, 0.1) is 5.92 Å². The molecule has 0 unspecified atom stereocenters. The lowest BCUT2D eigenvalue weighted by molar-refractivity contribution is -0.134. The zero-order valence-corrected chi connectivity index (χ0v) is 12.1. The normalized spacial score (nSPS) is 29.9. The molecular formula is C17H18N2O2. The van der Waals surface area contributed by atoms with Crippen molar-refractivity contribution in [1.82, 2.24) is 9.88 Å². The largest absolute Gasteiger partial charge is 0.497 e. The third-order valence-electron chi connectivity index (χ3n) is 5.68. The Labute approximate surface area is 123 Å². The van der Waals surface area contributed by atoms with Gasteiger partial charge in [0.1, 0.15) is 5.75 Å². The van der Waals surface area contributed by atoms with Crippen molar-refractivity contribution in [3.63, 3.8) is 0 Å². The van der Waals surface area contributed by atoms with Crippen molar-refractivity contribution in [3.8, 4) is 5.75 Å². The third-order valence-corrected chi connectivity index (χ3v) is 5.68. The second kappa shape index (κ2) is 3.81. The molecule has 1 amide bonds. The first kappa shape index (κ1) is 11.7. The van der Waals surface area contributed by atoms with Gasteiger partial charge in [-0.05, 0) is 43.0 Å². The zero-order chi connectivity index (χ0) is 14.1. The van der Waals surface area contributed by atoms with E-state index in [-0.39, 0.29) is 5.92 Å². The molecule has 1 aromatic carbocycles. The number of carbonyl (C=O) groups is 1. The summed E-state index contributed by atoms with van der Waals surface area (Å²) in [6, 6.07) is 6.67. The van der Waals surface area contributed by atoms with Gasteiger partial charge in [-0.1, -0.05) is 0 Å². The highest BCUT2D eigenvalue weighted by molar-refractivity contribution is 5.88. The van der Waals surface area contributed by atoms with Crippen LogP contribution in [0.5, 0.6) is 5.75 Å². The molecule has 21 heavy (non-hydrogen) atoms. The summed E-state index contributed by atoms with van der Waals surface area (Å²) < 4.78 is 5.37. The number of aromatic nitrogens is 1. The molecule has 2 bridgehead atoms. The first-order valence-electron chi connectivity index (χ1n) is 7.75. The molecule has 0 radical (unpaired) electrons. The fourth-order valence-corrected chi connectivity index (χ4v) is 4.74. The van der Waals surface area contributed by atoms with Crippen LogP contribution in [0.2, 0.25) is 0 Å². The molecule has 4 nitrogen and oxygen atoms in total. The Hall–Kier alpha value is -1.97. The van der Waals surface area contributed by atoms with Crippen molar-refractivity contribution in [2.75, 3.05) is 13.7 Å². The van der Waals surface area contributed by atoms with Crippen molar-refractivity contribution < 1.29 is 9.53 Å². The molecule has 108 valence electrons. The van der Waals surface area contributed by atoms with E-state index in [0.29, 0.717) is 17.9 Å². The van der Waals surface area contributed by atoms with Gasteiger partial charge in [0.2, 0.25) is 5.91 Å². The lowest BCUT2D eigenvalue weighted by Gasteiger charge is -2.30. The number of nitrogens with one attached hydrogen (secondary N) is 1. The summed E-state index contributed by atoms with van der Waals surface area (Å²) in [6.07, 6.45) is 3.03. The van der Waals surface area contributed by atoms with Crippen molar-refractivity contribution in [1.29, 1.82) is 0 Å². The highest BCUT2D eigenvalue weighted by Crippen LogP contribution is 2.50. The van der Waals surface area contributed by atoms with Crippen LogP contribution in [0.3, 0.4) is 0 Å². The molecule has 0 spiro atoms. The van der Waals surface area contributed by atoms with Crippen LogP contribution in [-0.4, -0.2) is 35.5 Å². The van der Waals surface area contributed by atoms with Crippen LogP contribution in [0.4, 0.5) is 0 Å². The highest BCUT2D eigenvalue weighted by atomic mass is 16.5. The van der Waals surface area contributed by atoms with Crippen LogP contribution in [-0.2, 0) is 11.2 Å². The van der Waals surface area contributed by atoms with Crippen LogP contribution in [0.1, 0.15) is 30.0 Å². The van der Waals surface area contributed by atoms with Crippen molar-refractivity contribution in [2.45, 2.75) is 31.2 Å². The molecule has 1 aromatic heterocycles. The highest BCUT2D eigenvalue weighted by Gasteiger charge is 2.52. The summed E-state index contributed by atoms with van der Waals surface area (Å²) in [6.45, 7) is 0.869. The van der Waals surface area contributed by atoms with Gasteiger partial charge in [-0.3, -0.25) is 4.79 Å². The summed E-state index contributed by atoms with van der Waals surface area (Å²) in [4.78, 5) is 18.0. The number of hydrogen-bond donors (Lipinski definition) is 1. The molecule has 5 rings (SSSR count). The molecule has 1 N–H and O–H groups in total. The Balaban J connectivity index is 1.70. The van der Waals surface area contributed by atoms with Gasteiger partial charge in [-0.2, -0.15) is 0 Å². The second-order valence-corrected chi connectivity index (χ2v) is 6.55. The monoisotopic (exact) mass is 282 g/mol. The number of ether oxygens (including phenoxy) is 1. The number of aromatic amines is 1. The average Bonchev–Trinajstić information content (AvgIpc) is 3.14. The smallest absolute Gasteiger partial charge is 0.226 e. The summed E-state index contributed by atoms with van der Waals surface area (Å²) in [5, 5.41) is 1.27. The van der Waals surface area contributed by atoms with E-state index in [9.17, 15) is 4.79 Å². The Morgan fingerprint density at radius 3 is 3.05 bits per heavy atom. The molecule has 2 aromatic rings. The SMILES string of the molecule is COc1ccc2[nH]c3c(c2c1)CCN1C(=O)[C@H]2C[C@@H]3[C@@H]1C2.